The monoisotopic (exact) mass is 189 g/mol. The minimum atomic E-state index is 0.749. The third-order valence-electron chi connectivity index (χ3n) is 3.65. The summed E-state index contributed by atoms with van der Waals surface area (Å²) in [6.07, 6.45) is 11.0. The van der Waals surface area contributed by atoms with Crippen LogP contribution >= 0.6 is 0 Å². The van der Waals surface area contributed by atoms with E-state index in [4.69, 9.17) is 0 Å². The normalized spacial score (nSPS) is 23.9. The van der Waals surface area contributed by atoms with Crippen LogP contribution in [0.2, 0.25) is 0 Å². The zero-order valence-corrected chi connectivity index (χ0v) is 8.32. The summed E-state index contributed by atoms with van der Waals surface area (Å²) in [7, 11) is 0. The number of rotatable bonds is 1. The first-order chi connectivity index (χ1) is 6.88. The molecule has 1 saturated heterocycles. The topological polar surface area (TPSA) is 29.0 Å². The number of hydrogen-bond acceptors (Lipinski definition) is 3. The van der Waals surface area contributed by atoms with Crippen LogP contribution in [0.1, 0.15) is 25.7 Å². The van der Waals surface area contributed by atoms with Crippen LogP contribution in [0.3, 0.4) is 0 Å². The molecular formula is C11H15N3. The fraction of sp³-hybridized carbons (Fsp3) is 0.636. The number of hydrogen-bond donors (Lipinski definition) is 0. The predicted molar refractivity (Wildman–Crippen MR) is 55.1 cm³/mol. The molecule has 1 aliphatic heterocycles. The summed E-state index contributed by atoms with van der Waals surface area (Å²) in [6.45, 7) is 2.33. The minimum Gasteiger partial charge on any atom is -0.355 e. The molecule has 14 heavy (non-hydrogen) atoms. The van der Waals surface area contributed by atoms with Gasteiger partial charge in [-0.1, -0.05) is 0 Å². The molecule has 0 aromatic carbocycles. The Labute approximate surface area is 84.2 Å². The first kappa shape index (κ1) is 8.21. The second-order valence-corrected chi connectivity index (χ2v) is 4.55. The highest BCUT2D eigenvalue weighted by atomic mass is 15.2. The first-order valence-corrected chi connectivity index (χ1v) is 5.39. The van der Waals surface area contributed by atoms with Crippen LogP contribution in [-0.2, 0) is 0 Å². The van der Waals surface area contributed by atoms with Crippen LogP contribution < -0.4 is 4.90 Å². The summed E-state index contributed by atoms with van der Waals surface area (Å²) >= 11 is 0. The van der Waals surface area contributed by atoms with Gasteiger partial charge in [0.1, 0.15) is 5.82 Å². The lowest BCUT2D eigenvalue weighted by Gasteiger charge is -2.32. The molecule has 2 aliphatic rings. The van der Waals surface area contributed by atoms with Crippen LogP contribution in [-0.4, -0.2) is 23.1 Å². The average molecular weight is 189 g/mol. The molecule has 3 heteroatoms. The SMILES string of the molecule is c1cnc(N2CCC3(CC2)CC3)cn1. The summed E-state index contributed by atoms with van der Waals surface area (Å²) < 4.78 is 0. The summed E-state index contributed by atoms with van der Waals surface area (Å²) in [5, 5.41) is 0. The molecule has 0 amide bonds. The molecule has 74 valence electrons. The van der Waals surface area contributed by atoms with Gasteiger partial charge in [-0.25, -0.2) is 4.98 Å². The molecular weight excluding hydrogens is 174 g/mol. The van der Waals surface area contributed by atoms with Crippen molar-refractivity contribution in [3.8, 4) is 0 Å². The Bertz CT molecular complexity index is 309. The van der Waals surface area contributed by atoms with Crippen molar-refractivity contribution >= 4 is 5.82 Å². The van der Waals surface area contributed by atoms with E-state index < -0.39 is 0 Å². The van der Waals surface area contributed by atoms with Gasteiger partial charge in [0.25, 0.3) is 0 Å². The van der Waals surface area contributed by atoms with Gasteiger partial charge in [-0.2, -0.15) is 0 Å². The van der Waals surface area contributed by atoms with Crippen molar-refractivity contribution in [2.75, 3.05) is 18.0 Å². The molecule has 0 atom stereocenters. The van der Waals surface area contributed by atoms with E-state index >= 15 is 0 Å². The summed E-state index contributed by atoms with van der Waals surface area (Å²) in [5.41, 5.74) is 0.749. The van der Waals surface area contributed by atoms with Gasteiger partial charge in [0.05, 0.1) is 6.20 Å². The molecule has 0 radical (unpaired) electrons. The van der Waals surface area contributed by atoms with Crippen molar-refractivity contribution < 1.29 is 0 Å². The molecule has 0 bridgehead atoms. The Hall–Kier alpha value is -1.12. The highest BCUT2D eigenvalue weighted by Crippen LogP contribution is 2.53. The molecule has 1 aromatic heterocycles. The van der Waals surface area contributed by atoms with E-state index in [-0.39, 0.29) is 0 Å². The van der Waals surface area contributed by atoms with Gasteiger partial charge in [0.15, 0.2) is 0 Å². The predicted octanol–water partition coefficient (Wildman–Crippen LogP) is 1.86. The lowest BCUT2D eigenvalue weighted by molar-refractivity contribution is 0.383. The highest BCUT2D eigenvalue weighted by molar-refractivity contribution is 5.36. The smallest absolute Gasteiger partial charge is 0.147 e. The Balaban J connectivity index is 1.70. The van der Waals surface area contributed by atoms with Crippen molar-refractivity contribution in [1.29, 1.82) is 0 Å². The molecule has 3 rings (SSSR count). The van der Waals surface area contributed by atoms with Gasteiger partial charge in [-0.3, -0.25) is 4.98 Å². The van der Waals surface area contributed by atoms with E-state index in [0.717, 1.165) is 11.2 Å². The maximum absolute atomic E-state index is 4.33. The minimum absolute atomic E-state index is 0.749. The second kappa shape index (κ2) is 2.94. The van der Waals surface area contributed by atoms with Gasteiger partial charge >= 0.3 is 0 Å². The molecule has 0 N–H and O–H groups in total. The molecule has 2 fully saturated rings. The van der Waals surface area contributed by atoms with Gasteiger partial charge in [0.2, 0.25) is 0 Å². The molecule has 3 nitrogen and oxygen atoms in total. The van der Waals surface area contributed by atoms with Crippen LogP contribution in [0.5, 0.6) is 0 Å². The lowest BCUT2D eigenvalue weighted by Crippen LogP contribution is -2.34. The highest BCUT2D eigenvalue weighted by Gasteiger charge is 2.44. The Morgan fingerprint density at radius 1 is 1.07 bits per heavy atom. The second-order valence-electron chi connectivity index (χ2n) is 4.55. The van der Waals surface area contributed by atoms with Gasteiger partial charge in [0, 0.05) is 25.5 Å². The number of aromatic nitrogens is 2. The molecule has 1 aliphatic carbocycles. The van der Waals surface area contributed by atoms with Crippen molar-refractivity contribution in [1.82, 2.24) is 9.97 Å². The zero-order chi connectivity index (χ0) is 9.43. The quantitative estimate of drug-likeness (QED) is 0.675. The van der Waals surface area contributed by atoms with Crippen LogP contribution in [0, 0.1) is 5.41 Å². The Morgan fingerprint density at radius 3 is 2.43 bits per heavy atom. The summed E-state index contributed by atoms with van der Waals surface area (Å²) in [4.78, 5) is 10.8. The maximum Gasteiger partial charge on any atom is 0.147 e. The van der Waals surface area contributed by atoms with E-state index in [0.29, 0.717) is 0 Å². The largest absolute Gasteiger partial charge is 0.355 e. The molecule has 1 spiro atoms. The molecule has 1 aromatic rings. The number of piperidine rings is 1. The Morgan fingerprint density at radius 2 is 1.86 bits per heavy atom. The first-order valence-electron chi connectivity index (χ1n) is 5.39. The third-order valence-corrected chi connectivity index (χ3v) is 3.65. The molecule has 0 unspecified atom stereocenters. The molecule has 1 saturated carbocycles. The average Bonchev–Trinajstić information content (AvgIpc) is 3.01. The summed E-state index contributed by atoms with van der Waals surface area (Å²) in [6, 6.07) is 0. The maximum atomic E-state index is 4.33. The van der Waals surface area contributed by atoms with Crippen molar-refractivity contribution in [2.24, 2.45) is 5.41 Å². The van der Waals surface area contributed by atoms with Gasteiger partial charge < -0.3 is 4.90 Å². The van der Waals surface area contributed by atoms with E-state index in [2.05, 4.69) is 14.9 Å². The van der Waals surface area contributed by atoms with E-state index in [1.807, 2.05) is 6.20 Å². The third kappa shape index (κ3) is 1.37. The van der Waals surface area contributed by atoms with Crippen LogP contribution in [0.15, 0.2) is 18.6 Å². The van der Waals surface area contributed by atoms with Crippen molar-refractivity contribution in [3.63, 3.8) is 0 Å². The van der Waals surface area contributed by atoms with E-state index in [9.17, 15) is 0 Å². The molecule has 2 heterocycles. The van der Waals surface area contributed by atoms with E-state index in [1.165, 1.54) is 38.8 Å². The zero-order valence-electron chi connectivity index (χ0n) is 8.32. The van der Waals surface area contributed by atoms with E-state index in [1.54, 1.807) is 12.4 Å². The van der Waals surface area contributed by atoms with Gasteiger partial charge in [-0.05, 0) is 31.1 Å². The van der Waals surface area contributed by atoms with Gasteiger partial charge in [-0.15, -0.1) is 0 Å². The summed E-state index contributed by atoms with van der Waals surface area (Å²) in [5.74, 6) is 1.04. The Kier molecular flexibility index (Phi) is 1.72. The fourth-order valence-electron chi connectivity index (χ4n) is 2.34. The number of nitrogens with zero attached hydrogens (tertiary/aromatic N) is 3. The van der Waals surface area contributed by atoms with Crippen LogP contribution in [0.25, 0.3) is 0 Å². The standard InChI is InChI=1S/C11H15N3/c1-2-11(1)3-7-14(8-4-11)10-9-12-5-6-13-10/h5-6,9H,1-4,7-8H2. The fourth-order valence-corrected chi connectivity index (χ4v) is 2.34. The number of anilines is 1. The van der Waals surface area contributed by atoms with Crippen molar-refractivity contribution in [2.45, 2.75) is 25.7 Å². The van der Waals surface area contributed by atoms with Crippen molar-refractivity contribution in [3.05, 3.63) is 18.6 Å². The van der Waals surface area contributed by atoms with Crippen LogP contribution in [0.4, 0.5) is 5.82 Å². The lowest BCUT2D eigenvalue weighted by atomic mass is 9.94.